The fourth-order valence-corrected chi connectivity index (χ4v) is 1.73. The molecule has 1 aromatic rings. The molecule has 0 spiro atoms. The number of hydrazine groups is 1. The van der Waals surface area contributed by atoms with Crippen LogP contribution in [0.15, 0.2) is 30.3 Å². The van der Waals surface area contributed by atoms with E-state index in [0.29, 0.717) is 0 Å². The Labute approximate surface area is 83.5 Å². The molecule has 0 saturated carbocycles. The lowest BCUT2D eigenvalue weighted by Gasteiger charge is -2.08. The monoisotopic (exact) mass is 190 g/mol. The van der Waals surface area contributed by atoms with Gasteiger partial charge in [-0.15, -0.1) is 0 Å². The van der Waals surface area contributed by atoms with E-state index in [2.05, 4.69) is 23.0 Å². The zero-order valence-electron chi connectivity index (χ0n) is 8.16. The van der Waals surface area contributed by atoms with Gasteiger partial charge in [-0.1, -0.05) is 30.3 Å². The number of nitrogens with one attached hydrogen (secondary N) is 2. The lowest BCUT2D eigenvalue weighted by Crippen LogP contribution is -2.35. The van der Waals surface area contributed by atoms with Crippen LogP contribution in [0.5, 0.6) is 0 Å². The van der Waals surface area contributed by atoms with Crippen LogP contribution in [0.1, 0.15) is 24.9 Å². The Bertz CT molecular complexity index is 323. The van der Waals surface area contributed by atoms with Crippen LogP contribution in [0.4, 0.5) is 0 Å². The molecule has 0 amide bonds. The van der Waals surface area contributed by atoms with Gasteiger partial charge in [0.25, 0.3) is 0 Å². The van der Waals surface area contributed by atoms with E-state index in [-0.39, 0.29) is 17.9 Å². The van der Waals surface area contributed by atoms with Gasteiger partial charge in [-0.3, -0.25) is 4.79 Å². The number of Topliss-reactive ketones (excluding diaryl/α,β-unsaturated/α-hetero) is 1. The van der Waals surface area contributed by atoms with Crippen LogP contribution in [-0.4, -0.2) is 11.8 Å². The summed E-state index contributed by atoms with van der Waals surface area (Å²) in [7, 11) is 0. The van der Waals surface area contributed by atoms with Crippen LogP contribution < -0.4 is 10.9 Å². The molecule has 1 aromatic carbocycles. The second-order valence-electron chi connectivity index (χ2n) is 3.65. The molecule has 0 aliphatic carbocycles. The van der Waals surface area contributed by atoms with Crippen LogP contribution in [0, 0.1) is 0 Å². The summed E-state index contributed by atoms with van der Waals surface area (Å²) in [6.45, 7) is 1.62. The first-order valence-corrected chi connectivity index (χ1v) is 4.84. The van der Waals surface area contributed by atoms with Crippen molar-refractivity contribution in [2.75, 3.05) is 0 Å². The predicted octanol–water partition coefficient (Wildman–Crippen LogP) is 1.18. The van der Waals surface area contributed by atoms with Crippen molar-refractivity contribution in [2.24, 2.45) is 0 Å². The maximum atomic E-state index is 11.1. The molecule has 1 heterocycles. The van der Waals surface area contributed by atoms with E-state index in [1.54, 1.807) is 6.92 Å². The molecule has 0 radical (unpaired) electrons. The van der Waals surface area contributed by atoms with Crippen molar-refractivity contribution in [3.8, 4) is 0 Å². The van der Waals surface area contributed by atoms with Gasteiger partial charge in [0.1, 0.15) is 5.78 Å². The molecule has 2 unspecified atom stereocenters. The average Bonchev–Trinajstić information content (AvgIpc) is 2.68. The average molecular weight is 190 g/mol. The van der Waals surface area contributed by atoms with E-state index in [0.717, 1.165) is 6.42 Å². The molecule has 2 N–H and O–H groups in total. The van der Waals surface area contributed by atoms with E-state index in [9.17, 15) is 4.79 Å². The van der Waals surface area contributed by atoms with Gasteiger partial charge >= 0.3 is 0 Å². The summed E-state index contributed by atoms with van der Waals surface area (Å²) in [6.07, 6.45) is 0.833. The van der Waals surface area contributed by atoms with E-state index in [1.165, 1.54) is 5.56 Å². The lowest BCUT2D eigenvalue weighted by molar-refractivity contribution is -0.118. The molecule has 74 valence electrons. The summed E-state index contributed by atoms with van der Waals surface area (Å²) in [6, 6.07) is 10.4. The van der Waals surface area contributed by atoms with Crippen molar-refractivity contribution in [2.45, 2.75) is 25.4 Å². The third-order valence-corrected chi connectivity index (χ3v) is 2.60. The molecule has 0 aromatic heterocycles. The van der Waals surface area contributed by atoms with Crippen LogP contribution in [0.2, 0.25) is 0 Å². The molecule has 2 atom stereocenters. The van der Waals surface area contributed by atoms with Crippen molar-refractivity contribution in [3.63, 3.8) is 0 Å². The summed E-state index contributed by atoms with van der Waals surface area (Å²) < 4.78 is 0. The number of ketones is 1. The maximum absolute atomic E-state index is 11.1. The smallest absolute Gasteiger partial charge is 0.148 e. The molecule has 2 rings (SSSR count). The fraction of sp³-hybridized carbons (Fsp3) is 0.364. The molecule has 1 fully saturated rings. The second-order valence-corrected chi connectivity index (χ2v) is 3.65. The van der Waals surface area contributed by atoms with Gasteiger partial charge in [0, 0.05) is 6.04 Å². The third-order valence-electron chi connectivity index (χ3n) is 2.60. The zero-order valence-corrected chi connectivity index (χ0v) is 8.16. The highest BCUT2D eigenvalue weighted by molar-refractivity contribution is 5.81. The van der Waals surface area contributed by atoms with Crippen LogP contribution in [-0.2, 0) is 4.79 Å². The Morgan fingerprint density at radius 2 is 2.00 bits per heavy atom. The molecule has 1 aliphatic rings. The highest BCUT2D eigenvalue weighted by Gasteiger charge is 2.27. The summed E-state index contributed by atoms with van der Waals surface area (Å²) in [5, 5.41) is 0. The molecule has 14 heavy (non-hydrogen) atoms. The zero-order chi connectivity index (χ0) is 9.97. The second kappa shape index (κ2) is 3.90. The first-order chi connectivity index (χ1) is 6.77. The highest BCUT2D eigenvalue weighted by Crippen LogP contribution is 2.21. The lowest BCUT2D eigenvalue weighted by atomic mass is 10.0. The largest absolute Gasteiger partial charge is 0.298 e. The Hall–Kier alpha value is -1.19. The molecular formula is C11H14N2O. The molecule has 1 saturated heterocycles. The number of carbonyl (C=O) groups excluding carboxylic acids is 1. The van der Waals surface area contributed by atoms with Crippen molar-refractivity contribution in [1.82, 2.24) is 10.9 Å². The van der Waals surface area contributed by atoms with Gasteiger partial charge in [-0.05, 0) is 18.9 Å². The van der Waals surface area contributed by atoms with Crippen molar-refractivity contribution in [1.29, 1.82) is 0 Å². The molecule has 3 nitrogen and oxygen atoms in total. The topological polar surface area (TPSA) is 41.1 Å². The number of benzene rings is 1. The van der Waals surface area contributed by atoms with Crippen molar-refractivity contribution >= 4 is 5.78 Å². The Morgan fingerprint density at radius 3 is 2.57 bits per heavy atom. The Balaban J connectivity index is 2.06. The van der Waals surface area contributed by atoms with Gasteiger partial charge in [-0.2, -0.15) is 0 Å². The van der Waals surface area contributed by atoms with Gasteiger partial charge in [0.15, 0.2) is 0 Å². The summed E-state index contributed by atoms with van der Waals surface area (Å²) in [5.41, 5.74) is 7.36. The minimum Gasteiger partial charge on any atom is -0.298 e. The quantitative estimate of drug-likeness (QED) is 0.736. The normalized spacial score (nSPS) is 26.4. The molecular weight excluding hydrogens is 176 g/mol. The number of hydrogen-bond donors (Lipinski definition) is 2. The molecule has 1 aliphatic heterocycles. The van der Waals surface area contributed by atoms with Gasteiger partial charge in [0.2, 0.25) is 0 Å². The number of rotatable bonds is 2. The van der Waals surface area contributed by atoms with Crippen molar-refractivity contribution < 1.29 is 4.79 Å². The van der Waals surface area contributed by atoms with Gasteiger partial charge in [-0.25, -0.2) is 10.9 Å². The van der Waals surface area contributed by atoms with Gasteiger partial charge < -0.3 is 0 Å². The third kappa shape index (κ3) is 1.84. The maximum Gasteiger partial charge on any atom is 0.148 e. The number of carbonyl (C=O) groups is 1. The standard InChI is InChI=1S/C11H14N2O/c1-8(14)10-7-11(13-12-10)9-5-3-2-4-6-9/h2-6,10-13H,7H2,1H3. The summed E-state index contributed by atoms with van der Waals surface area (Å²) in [5.74, 6) is 0.191. The molecule has 3 heteroatoms. The summed E-state index contributed by atoms with van der Waals surface area (Å²) in [4.78, 5) is 11.1. The minimum absolute atomic E-state index is 0.0415. The summed E-state index contributed by atoms with van der Waals surface area (Å²) >= 11 is 0. The number of hydrogen-bond acceptors (Lipinski definition) is 3. The minimum atomic E-state index is -0.0415. The first-order valence-electron chi connectivity index (χ1n) is 4.84. The Morgan fingerprint density at radius 1 is 1.29 bits per heavy atom. The van der Waals surface area contributed by atoms with E-state index in [4.69, 9.17) is 0 Å². The fourth-order valence-electron chi connectivity index (χ4n) is 1.73. The van der Waals surface area contributed by atoms with Gasteiger partial charge in [0.05, 0.1) is 6.04 Å². The van der Waals surface area contributed by atoms with Crippen LogP contribution >= 0.6 is 0 Å². The SMILES string of the molecule is CC(=O)C1CC(c2ccccc2)NN1. The van der Waals surface area contributed by atoms with Crippen molar-refractivity contribution in [3.05, 3.63) is 35.9 Å². The predicted molar refractivity (Wildman–Crippen MR) is 54.5 cm³/mol. The molecule has 0 bridgehead atoms. The van der Waals surface area contributed by atoms with E-state index < -0.39 is 0 Å². The Kier molecular flexibility index (Phi) is 2.61. The van der Waals surface area contributed by atoms with E-state index in [1.807, 2.05) is 18.2 Å². The van der Waals surface area contributed by atoms with E-state index >= 15 is 0 Å². The first kappa shape index (κ1) is 9.37. The van der Waals surface area contributed by atoms with Crippen LogP contribution in [0.25, 0.3) is 0 Å². The highest BCUT2D eigenvalue weighted by atomic mass is 16.1. The van der Waals surface area contributed by atoms with Crippen LogP contribution in [0.3, 0.4) is 0 Å².